The van der Waals surface area contributed by atoms with Crippen LogP contribution in [0, 0.1) is 11.8 Å². The lowest BCUT2D eigenvalue weighted by atomic mass is 10.00. The predicted molar refractivity (Wildman–Crippen MR) is 70.1 cm³/mol. The van der Waals surface area contributed by atoms with Crippen LogP contribution in [0.15, 0.2) is 24.3 Å². The van der Waals surface area contributed by atoms with Crippen LogP contribution in [0.2, 0.25) is 0 Å². The van der Waals surface area contributed by atoms with Gasteiger partial charge in [-0.05, 0) is 31.0 Å². The fraction of sp³-hybridized carbons (Fsp3) is 0.400. The summed E-state index contributed by atoms with van der Waals surface area (Å²) in [4.78, 5) is 11.4. The lowest BCUT2D eigenvalue weighted by Gasteiger charge is -2.08. The Labute approximate surface area is 108 Å². The molecule has 1 N–H and O–H groups in total. The van der Waals surface area contributed by atoms with E-state index in [9.17, 15) is 4.79 Å². The number of methoxy groups -OCH3 is 1. The molecule has 0 bridgehead atoms. The van der Waals surface area contributed by atoms with Crippen LogP contribution in [0.4, 0.5) is 0 Å². The average molecular weight is 246 g/mol. The van der Waals surface area contributed by atoms with Crippen LogP contribution in [-0.2, 0) is 9.53 Å². The molecule has 0 radical (unpaired) electrons. The molecule has 3 heteroatoms. The molecule has 1 unspecified atom stereocenters. The maximum Gasteiger partial charge on any atom is 0.312 e. The molecule has 1 rings (SSSR count). The number of carbonyl (C=O) groups excluding carboxylic acids is 1. The molecule has 3 nitrogen and oxygen atoms in total. The van der Waals surface area contributed by atoms with Gasteiger partial charge in [-0.2, -0.15) is 0 Å². The molecule has 18 heavy (non-hydrogen) atoms. The number of hydrogen-bond acceptors (Lipinski definition) is 3. The van der Waals surface area contributed by atoms with Crippen LogP contribution in [0.5, 0.6) is 0 Å². The van der Waals surface area contributed by atoms with Gasteiger partial charge in [0.2, 0.25) is 0 Å². The second-order valence-electron chi connectivity index (χ2n) is 4.00. The number of aliphatic hydroxyl groups excluding tert-OH is 1. The molecule has 96 valence electrons. The van der Waals surface area contributed by atoms with E-state index in [1.165, 1.54) is 7.11 Å². The highest BCUT2D eigenvalue weighted by atomic mass is 16.5. The molecule has 0 spiro atoms. The molecular formula is C15H18O3. The first-order chi connectivity index (χ1) is 8.69. The van der Waals surface area contributed by atoms with E-state index in [0.29, 0.717) is 12.8 Å². The van der Waals surface area contributed by atoms with Crippen molar-refractivity contribution in [1.29, 1.82) is 0 Å². The summed E-state index contributed by atoms with van der Waals surface area (Å²) in [5.41, 5.74) is 1.83. The molecule has 0 fully saturated rings. The molecule has 1 aromatic rings. The predicted octanol–water partition coefficient (Wildman–Crippen LogP) is 2.09. The minimum absolute atomic E-state index is 0.171. The highest BCUT2D eigenvalue weighted by Crippen LogP contribution is 2.16. The number of benzene rings is 1. The van der Waals surface area contributed by atoms with Crippen molar-refractivity contribution in [2.75, 3.05) is 13.7 Å². The summed E-state index contributed by atoms with van der Waals surface area (Å²) in [7, 11) is 1.39. The zero-order valence-electron chi connectivity index (χ0n) is 10.8. The maximum absolute atomic E-state index is 11.4. The third-order valence-corrected chi connectivity index (χ3v) is 2.66. The molecule has 1 atom stereocenters. The topological polar surface area (TPSA) is 46.5 Å². The lowest BCUT2D eigenvalue weighted by Crippen LogP contribution is -2.10. The van der Waals surface area contributed by atoms with Gasteiger partial charge in [0.05, 0.1) is 13.0 Å². The zero-order chi connectivity index (χ0) is 13.4. The van der Waals surface area contributed by atoms with E-state index in [4.69, 9.17) is 9.84 Å². The number of esters is 1. The fourth-order valence-electron chi connectivity index (χ4n) is 1.50. The summed E-state index contributed by atoms with van der Waals surface area (Å²) in [5, 5.41) is 8.62. The van der Waals surface area contributed by atoms with Gasteiger partial charge in [-0.1, -0.05) is 24.0 Å². The molecule has 0 aromatic heterocycles. The van der Waals surface area contributed by atoms with E-state index in [2.05, 4.69) is 11.8 Å². The molecule has 0 aliphatic carbocycles. The smallest absolute Gasteiger partial charge is 0.312 e. The van der Waals surface area contributed by atoms with Crippen molar-refractivity contribution in [1.82, 2.24) is 0 Å². The first-order valence-electron chi connectivity index (χ1n) is 5.96. The van der Waals surface area contributed by atoms with E-state index in [0.717, 1.165) is 11.1 Å². The Kier molecular flexibility index (Phi) is 5.96. The standard InChI is InChI=1S/C15H18O3/c1-12(15(17)18-2)14-9-7-13(8-10-14)6-4-3-5-11-16/h7-10,12,16H,3,5,11H2,1-2H3. The monoisotopic (exact) mass is 246 g/mol. The van der Waals surface area contributed by atoms with Crippen molar-refractivity contribution >= 4 is 5.97 Å². The number of carbonyl (C=O) groups is 1. The van der Waals surface area contributed by atoms with Gasteiger partial charge in [-0.15, -0.1) is 0 Å². The van der Waals surface area contributed by atoms with E-state index in [1.807, 2.05) is 31.2 Å². The summed E-state index contributed by atoms with van der Waals surface area (Å²) in [5.74, 6) is 5.50. The van der Waals surface area contributed by atoms with Crippen molar-refractivity contribution in [3.05, 3.63) is 35.4 Å². The second kappa shape index (κ2) is 7.52. The van der Waals surface area contributed by atoms with E-state index in [-0.39, 0.29) is 18.5 Å². The van der Waals surface area contributed by atoms with Gasteiger partial charge in [-0.3, -0.25) is 4.79 Å². The third-order valence-electron chi connectivity index (χ3n) is 2.66. The molecule has 0 aliphatic rings. The number of aliphatic hydroxyl groups is 1. The Balaban J connectivity index is 2.67. The minimum Gasteiger partial charge on any atom is -0.469 e. The zero-order valence-corrected chi connectivity index (χ0v) is 10.8. The summed E-state index contributed by atoms with van der Waals surface area (Å²) in [6.07, 6.45) is 1.39. The van der Waals surface area contributed by atoms with Crippen LogP contribution >= 0.6 is 0 Å². The van der Waals surface area contributed by atoms with Gasteiger partial charge >= 0.3 is 5.97 Å². The lowest BCUT2D eigenvalue weighted by molar-refractivity contribution is -0.141. The molecule has 0 aliphatic heterocycles. The fourth-order valence-corrected chi connectivity index (χ4v) is 1.50. The minimum atomic E-state index is -0.258. The van der Waals surface area contributed by atoms with Crippen molar-refractivity contribution in [3.63, 3.8) is 0 Å². The Morgan fingerprint density at radius 1 is 1.39 bits per heavy atom. The summed E-state index contributed by atoms with van der Waals surface area (Å²) in [6.45, 7) is 1.98. The van der Waals surface area contributed by atoms with Crippen molar-refractivity contribution in [2.24, 2.45) is 0 Å². The van der Waals surface area contributed by atoms with Crippen LogP contribution in [0.1, 0.15) is 36.8 Å². The molecule has 0 amide bonds. The van der Waals surface area contributed by atoms with Gasteiger partial charge in [0.1, 0.15) is 0 Å². The first kappa shape index (κ1) is 14.3. The second-order valence-corrected chi connectivity index (χ2v) is 4.00. The molecular weight excluding hydrogens is 228 g/mol. The van der Waals surface area contributed by atoms with Gasteiger partial charge in [-0.25, -0.2) is 0 Å². The van der Waals surface area contributed by atoms with Crippen LogP contribution < -0.4 is 0 Å². The number of ether oxygens (including phenoxy) is 1. The quantitative estimate of drug-likeness (QED) is 0.502. The summed E-state index contributed by atoms with van der Waals surface area (Å²) < 4.78 is 4.70. The number of hydrogen-bond donors (Lipinski definition) is 1. The Hall–Kier alpha value is -1.79. The van der Waals surface area contributed by atoms with Crippen LogP contribution in [0.25, 0.3) is 0 Å². The summed E-state index contributed by atoms with van der Waals surface area (Å²) >= 11 is 0. The Bertz CT molecular complexity index is 437. The Morgan fingerprint density at radius 2 is 2.06 bits per heavy atom. The van der Waals surface area contributed by atoms with Crippen molar-refractivity contribution in [2.45, 2.75) is 25.7 Å². The maximum atomic E-state index is 11.4. The molecule has 0 heterocycles. The van der Waals surface area contributed by atoms with Gasteiger partial charge in [0.15, 0.2) is 0 Å². The van der Waals surface area contributed by atoms with Gasteiger partial charge in [0, 0.05) is 18.6 Å². The third kappa shape index (κ3) is 4.23. The SMILES string of the molecule is COC(=O)C(C)c1ccc(C#CCCCO)cc1. The van der Waals surface area contributed by atoms with E-state index < -0.39 is 0 Å². The highest BCUT2D eigenvalue weighted by Gasteiger charge is 2.14. The van der Waals surface area contributed by atoms with E-state index in [1.54, 1.807) is 0 Å². The molecule has 0 saturated heterocycles. The average Bonchev–Trinajstić information content (AvgIpc) is 2.42. The molecule has 0 saturated carbocycles. The normalized spacial score (nSPS) is 11.3. The van der Waals surface area contributed by atoms with E-state index >= 15 is 0 Å². The van der Waals surface area contributed by atoms with Crippen LogP contribution in [0.3, 0.4) is 0 Å². The number of unbranched alkanes of at least 4 members (excludes halogenated alkanes) is 1. The molecule has 1 aromatic carbocycles. The largest absolute Gasteiger partial charge is 0.469 e. The van der Waals surface area contributed by atoms with Gasteiger partial charge < -0.3 is 9.84 Å². The van der Waals surface area contributed by atoms with Crippen LogP contribution in [-0.4, -0.2) is 24.8 Å². The highest BCUT2D eigenvalue weighted by molar-refractivity contribution is 5.77. The van der Waals surface area contributed by atoms with Gasteiger partial charge in [0.25, 0.3) is 0 Å². The first-order valence-corrected chi connectivity index (χ1v) is 5.96. The Morgan fingerprint density at radius 3 is 2.61 bits per heavy atom. The summed E-state index contributed by atoms with van der Waals surface area (Å²) in [6, 6.07) is 7.55. The van der Waals surface area contributed by atoms with Crippen molar-refractivity contribution < 1.29 is 14.6 Å². The van der Waals surface area contributed by atoms with Crippen molar-refractivity contribution in [3.8, 4) is 11.8 Å². The number of rotatable bonds is 4.